The van der Waals surface area contributed by atoms with Crippen molar-refractivity contribution in [3.63, 3.8) is 0 Å². The van der Waals surface area contributed by atoms with Gasteiger partial charge >= 0.3 is 0 Å². The van der Waals surface area contributed by atoms with Gasteiger partial charge in [-0.15, -0.1) is 11.8 Å². The molecule has 132 valence electrons. The van der Waals surface area contributed by atoms with E-state index in [0.29, 0.717) is 29.2 Å². The van der Waals surface area contributed by atoms with Gasteiger partial charge in [-0.3, -0.25) is 4.79 Å². The summed E-state index contributed by atoms with van der Waals surface area (Å²) in [6.45, 7) is 4.77. The number of rotatable bonds is 4. The smallest absolute Gasteiger partial charge is 0.235 e. The maximum absolute atomic E-state index is 12.7. The van der Waals surface area contributed by atoms with E-state index in [0.717, 1.165) is 30.8 Å². The molecule has 1 aromatic carbocycles. The molecule has 0 aliphatic carbocycles. The molecule has 24 heavy (non-hydrogen) atoms. The lowest BCUT2D eigenvalue weighted by atomic mass is 9.96. The number of carbonyl (C=O) groups is 1. The molecule has 0 radical (unpaired) electrons. The summed E-state index contributed by atoms with van der Waals surface area (Å²) in [5.41, 5.74) is 0. The van der Waals surface area contributed by atoms with Crippen molar-refractivity contribution < 1.29 is 14.3 Å². The quantitative estimate of drug-likeness (QED) is 0.726. The average molecular weight is 390 g/mol. The summed E-state index contributed by atoms with van der Waals surface area (Å²) in [5.74, 6) is 0.532. The summed E-state index contributed by atoms with van der Waals surface area (Å²) in [7, 11) is 0. The fourth-order valence-corrected chi connectivity index (χ4v) is 4.60. The fourth-order valence-electron chi connectivity index (χ4n) is 3.11. The van der Waals surface area contributed by atoms with E-state index in [9.17, 15) is 4.79 Å². The second kappa shape index (κ2) is 8.28. The number of benzene rings is 1. The van der Waals surface area contributed by atoms with Gasteiger partial charge in [0.05, 0.1) is 23.5 Å². The fraction of sp³-hybridized carbons (Fsp3) is 0.588. The molecule has 0 spiro atoms. The number of halogens is 2. The van der Waals surface area contributed by atoms with E-state index >= 15 is 0 Å². The molecule has 1 aromatic rings. The first-order valence-corrected chi connectivity index (χ1v) is 9.82. The van der Waals surface area contributed by atoms with Crippen LogP contribution in [0.2, 0.25) is 10.0 Å². The zero-order valence-corrected chi connectivity index (χ0v) is 15.9. The molecule has 2 saturated heterocycles. The number of piperidine rings is 1. The van der Waals surface area contributed by atoms with Crippen LogP contribution in [0.1, 0.15) is 19.8 Å². The molecular formula is C17H21Cl2NO3S. The summed E-state index contributed by atoms with van der Waals surface area (Å²) < 4.78 is 11.2. The number of ether oxygens (including phenoxy) is 2. The van der Waals surface area contributed by atoms with Gasteiger partial charge in [0.15, 0.2) is 6.29 Å². The second-order valence-electron chi connectivity index (χ2n) is 6.11. The van der Waals surface area contributed by atoms with Gasteiger partial charge in [0.25, 0.3) is 0 Å². The lowest BCUT2D eigenvalue weighted by molar-refractivity contribution is -0.136. The van der Waals surface area contributed by atoms with Crippen LogP contribution in [0.4, 0.5) is 0 Å². The van der Waals surface area contributed by atoms with E-state index in [1.807, 2.05) is 11.8 Å². The lowest BCUT2D eigenvalue weighted by Gasteiger charge is -2.35. The Morgan fingerprint density at radius 3 is 2.58 bits per heavy atom. The van der Waals surface area contributed by atoms with Gasteiger partial charge in [-0.25, -0.2) is 0 Å². The molecule has 2 heterocycles. The van der Waals surface area contributed by atoms with Crippen molar-refractivity contribution in [1.29, 1.82) is 0 Å². The third-order valence-electron chi connectivity index (χ3n) is 4.43. The van der Waals surface area contributed by atoms with Crippen LogP contribution in [0.5, 0.6) is 0 Å². The molecule has 1 unspecified atom stereocenters. The van der Waals surface area contributed by atoms with Crippen molar-refractivity contribution in [3.8, 4) is 0 Å². The Kier molecular flexibility index (Phi) is 6.33. The normalized spacial score (nSPS) is 21.2. The summed E-state index contributed by atoms with van der Waals surface area (Å²) >= 11 is 13.7. The molecule has 3 rings (SSSR count). The number of thioether (sulfide) groups is 1. The monoisotopic (exact) mass is 389 g/mol. The van der Waals surface area contributed by atoms with Crippen LogP contribution in [-0.4, -0.2) is 48.7 Å². The Labute approximate surface area is 156 Å². The summed E-state index contributed by atoms with van der Waals surface area (Å²) in [5, 5.41) is 1.05. The van der Waals surface area contributed by atoms with Crippen LogP contribution in [0.3, 0.4) is 0 Å². The molecular weight excluding hydrogens is 369 g/mol. The molecule has 4 nitrogen and oxygen atoms in total. The number of amides is 1. The third kappa shape index (κ3) is 4.38. The van der Waals surface area contributed by atoms with Crippen molar-refractivity contribution in [3.05, 3.63) is 28.2 Å². The number of likely N-dealkylation sites (tertiary alicyclic amines) is 1. The summed E-state index contributed by atoms with van der Waals surface area (Å²) in [4.78, 5) is 15.5. The minimum atomic E-state index is -0.198. The van der Waals surface area contributed by atoms with Crippen LogP contribution in [-0.2, 0) is 14.3 Å². The van der Waals surface area contributed by atoms with Crippen molar-refractivity contribution in [2.75, 3.05) is 26.3 Å². The van der Waals surface area contributed by atoms with Crippen molar-refractivity contribution in [2.24, 2.45) is 5.92 Å². The van der Waals surface area contributed by atoms with Gasteiger partial charge < -0.3 is 14.4 Å². The zero-order chi connectivity index (χ0) is 17.1. The predicted octanol–water partition coefficient (Wildman–Crippen LogP) is 4.09. The van der Waals surface area contributed by atoms with Crippen LogP contribution < -0.4 is 0 Å². The van der Waals surface area contributed by atoms with Gasteiger partial charge in [0, 0.05) is 28.9 Å². The SMILES string of the molecule is CC(Sc1cc(Cl)ccc1Cl)C(=O)N1CCC(C2OCCO2)CC1. The van der Waals surface area contributed by atoms with Gasteiger partial charge in [0.2, 0.25) is 5.91 Å². The van der Waals surface area contributed by atoms with Crippen molar-refractivity contribution >= 4 is 40.9 Å². The predicted molar refractivity (Wildman–Crippen MR) is 96.8 cm³/mol. The maximum atomic E-state index is 12.7. The van der Waals surface area contributed by atoms with Crippen LogP contribution in [0, 0.1) is 5.92 Å². The molecule has 0 aromatic heterocycles. The maximum Gasteiger partial charge on any atom is 0.235 e. The van der Waals surface area contributed by atoms with Crippen molar-refractivity contribution in [1.82, 2.24) is 4.90 Å². The molecule has 2 aliphatic rings. The van der Waals surface area contributed by atoms with E-state index in [4.69, 9.17) is 32.7 Å². The van der Waals surface area contributed by atoms with Crippen molar-refractivity contribution in [2.45, 2.75) is 36.2 Å². The number of nitrogens with zero attached hydrogens (tertiary/aromatic N) is 1. The van der Waals surface area contributed by atoms with E-state index < -0.39 is 0 Å². The molecule has 7 heteroatoms. The Bertz CT molecular complexity index is 587. The number of hydrogen-bond acceptors (Lipinski definition) is 4. The first kappa shape index (κ1) is 18.3. The molecule has 2 fully saturated rings. The highest BCUT2D eigenvalue weighted by atomic mass is 35.5. The zero-order valence-electron chi connectivity index (χ0n) is 13.5. The Hall–Kier alpha value is -0.460. The molecule has 0 saturated carbocycles. The van der Waals surface area contributed by atoms with E-state index in [2.05, 4.69) is 0 Å². The van der Waals surface area contributed by atoms with Gasteiger partial charge in [-0.05, 0) is 38.0 Å². The molecule has 0 bridgehead atoms. The Balaban J connectivity index is 1.53. The summed E-state index contributed by atoms with van der Waals surface area (Å²) in [6, 6.07) is 5.31. The molecule has 1 atom stereocenters. The van der Waals surface area contributed by atoms with Gasteiger partial charge in [-0.2, -0.15) is 0 Å². The summed E-state index contributed by atoms with van der Waals surface area (Å²) in [6.07, 6.45) is 1.76. The Morgan fingerprint density at radius 2 is 1.92 bits per heavy atom. The standard InChI is InChI=1S/C17H21Cl2NO3S/c1-11(24-15-10-13(18)2-3-14(15)19)16(21)20-6-4-12(5-7-20)17-22-8-9-23-17/h2-3,10-12,17H,4-9H2,1H3. The number of carbonyl (C=O) groups excluding carboxylic acids is 1. The van der Waals surface area contributed by atoms with Gasteiger partial charge in [0.1, 0.15) is 0 Å². The van der Waals surface area contributed by atoms with E-state index in [-0.39, 0.29) is 17.4 Å². The largest absolute Gasteiger partial charge is 0.350 e. The van der Waals surface area contributed by atoms with Gasteiger partial charge in [-0.1, -0.05) is 23.2 Å². The first-order chi connectivity index (χ1) is 11.5. The highest BCUT2D eigenvalue weighted by Gasteiger charge is 2.33. The highest BCUT2D eigenvalue weighted by molar-refractivity contribution is 8.00. The molecule has 1 amide bonds. The Morgan fingerprint density at radius 1 is 1.25 bits per heavy atom. The van der Waals surface area contributed by atoms with Crippen LogP contribution in [0.25, 0.3) is 0 Å². The second-order valence-corrected chi connectivity index (χ2v) is 8.33. The first-order valence-electron chi connectivity index (χ1n) is 8.18. The van der Waals surface area contributed by atoms with Crippen LogP contribution in [0.15, 0.2) is 23.1 Å². The highest BCUT2D eigenvalue weighted by Crippen LogP contribution is 2.34. The topological polar surface area (TPSA) is 38.8 Å². The van der Waals surface area contributed by atoms with Crippen LogP contribution >= 0.6 is 35.0 Å². The van der Waals surface area contributed by atoms with E-state index in [1.54, 1.807) is 18.2 Å². The molecule has 0 N–H and O–H groups in total. The number of hydrogen-bond donors (Lipinski definition) is 0. The third-order valence-corrected chi connectivity index (χ3v) is 6.25. The van der Waals surface area contributed by atoms with E-state index in [1.165, 1.54) is 11.8 Å². The average Bonchev–Trinajstić information content (AvgIpc) is 3.12. The lowest BCUT2D eigenvalue weighted by Crippen LogP contribution is -2.44. The minimum Gasteiger partial charge on any atom is -0.350 e. The molecule has 2 aliphatic heterocycles. The minimum absolute atomic E-state index is 0.0840.